The van der Waals surface area contributed by atoms with Gasteiger partial charge in [-0.2, -0.15) is 0 Å². The minimum Gasteiger partial charge on any atom is -0.469 e. The molecule has 1 aliphatic rings. The molecule has 6 heteroatoms. The van der Waals surface area contributed by atoms with Crippen LogP contribution in [0.4, 0.5) is 0 Å². The average molecular weight is 263 g/mol. The molecular formula is C11H21NO4S. The van der Waals surface area contributed by atoms with Crippen LogP contribution in [0.5, 0.6) is 0 Å². The summed E-state index contributed by atoms with van der Waals surface area (Å²) in [6, 6.07) is 0. The van der Waals surface area contributed by atoms with Gasteiger partial charge in [0, 0.05) is 6.54 Å². The molecule has 17 heavy (non-hydrogen) atoms. The van der Waals surface area contributed by atoms with Gasteiger partial charge in [0.2, 0.25) is 10.0 Å². The zero-order valence-corrected chi connectivity index (χ0v) is 11.1. The fourth-order valence-electron chi connectivity index (χ4n) is 2.13. The minimum atomic E-state index is -3.24. The van der Waals surface area contributed by atoms with Crippen LogP contribution in [0.3, 0.4) is 0 Å². The van der Waals surface area contributed by atoms with E-state index in [4.69, 9.17) is 0 Å². The van der Waals surface area contributed by atoms with Gasteiger partial charge in [0.25, 0.3) is 0 Å². The molecule has 100 valence electrons. The van der Waals surface area contributed by atoms with Crippen LogP contribution in [0, 0.1) is 5.92 Å². The Hall–Kier alpha value is -0.620. The zero-order valence-electron chi connectivity index (χ0n) is 10.3. The number of carbonyl (C=O) groups excluding carboxylic acids is 1. The predicted molar refractivity (Wildman–Crippen MR) is 65.0 cm³/mol. The largest absolute Gasteiger partial charge is 0.469 e. The molecule has 0 aromatic heterocycles. The summed E-state index contributed by atoms with van der Waals surface area (Å²) in [5, 5.41) is 0. The van der Waals surface area contributed by atoms with Crippen LogP contribution < -0.4 is 4.72 Å². The fraction of sp³-hybridized carbons (Fsp3) is 0.909. The van der Waals surface area contributed by atoms with E-state index in [9.17, 15) is 13.2 Å². The fourth-order valence-corrected chi connectivity index (χ4v) is 3.62. The minimum absolute atomic E-state index is 0.0837. The smallest absolute Gasteiger partial charge is 0.306 e. The van der Waals surface area contributed by atoms with Crippen molar-refractivity contribution in [3.8, 4) is 0 Å². The van der Waals surface area contributed by atoms with Crippen molar-refractivity contribution < 1.29 is 17.9 Å². The molecule has 1 rings (SSSR count). The highest BCUT2D eigenvalue weighted by atomic mass is 32.2. The lowest BCUT2D eigenvalue weighted by Crippen LogP contribution is -2.32. The van der Waals surface area contributed by atoms with E-state index < -0.39 is 16.0 Å². The maximum atomic E-state index is 11.7. The van der Waals surface area contributed by atoms with E-state index in [1.54, 1.807) is 0 Å². The number of rotatable bonds is 6. The molecule has 1 aliphatic carbocycles. The second-order valence-corrected chi connectivity index (χ2v) is 6.36. The summed E-state index contributed by atoms with van der Waals surface area (Å²) in [5.41, 5.74) is 0. The lowest BCUT2D eigenvalue weighted by atomic mass is 9.91. The number of methoxy groups -OCH3 is 1. The summed E-state index contributed by atoms with van der Waals surface area (Å²) in [4.78, 5) is 10.8. The molecule has 0 saturated heterocycles. The highest BCUT2D eigenvalue weighted by molar-refractivity contribution is 7.89. The van der Waals surface area contributed by atoms with Gasteiger partial charge in [0.15, 0.2) is 0 Å². The molecule has 0 bridgehead atoms. The SMILES string of the molecule is COC(=O)CCNS(=O)(=O)CC1CCCCC1. The van der Waals surface area contributed by atoms with E-state index in [0.717, 1.165) is 25.7 Å². The molecule has 0 heterocycles. The van der Waals surface area contributed by atoms with Crippen molar-refractivity contribution in [2.24, 2.45) is 5.92 Å². The van der Waals surface area contributed by atoms with Crippen LogP contribution in [0.25, 0.3) is 0 Å². The second kappa shape index (κ2) is 6.96. The third-order valence-electron chi connectivity index (χ3n) is 3.06. The molecule has 1 N–H and O–H groups in total. The molecule has 0 aliphatic heterocycles. The maximum Gasteiger partial charge on any atom is 0.306 e. The molecule has 0 unspecified atom stereocenters. The first kappa shape index (κ1) is 14.4. The van der Waals surface area contributed by atoms with Crippen molar-refractivity contribution in [1.29, 1.82) is 0 Å². The summed E-state index contributed by atoms with van der Waals surface area (Å²) in [6.07, 6.45) is 5.55. The van der Waals surface area contributed by atoms with Crippen LogP contribution in [-0.2, 0) is 19.6 Å². The van der Waals surface area contributed by atoms with Gasteiger partial charge in [-0.1, -0.05) is 19.3 Å². The monoisotopic (exact) mass is 263 g/mol. The van der Waals surface area contributed by atoms with Crippen molar-refractivity contribution in [1.82, 2.24) is 4.72 Å². The summed E-state index contributed by atoms with van der Waals surface area (Å²) in [5.74, 6) is 0.0681. The van der Waals surface area contributed by atoms with Crippen LogP contribution >= 0.6 is 0 Å². The van der Waals surface area contributed by atoms with Crippen LogP contribution in [-0.4, -0.2) is 33.8 Å². The number of hydrogen-bond acceptors (Lipinski definition) is 4. The van der Waals surface area contributed by atoms with Gasteiger partial charge in [-0.15, -0.1) is 0 Å². The van der Waals surface area contributed by atoms with E-state index in [1.807, 2.05) is 0 Å². The molecular weight excluding hydrogens is 242 g/mol. The van der Waals surface area contributed by atoms with Gasteiger partial charge in [0.05, 0.1) is 19.3 Å². The summed E-state index contributed by atoms with van der Waals surface area (Å²) in [6.45, 7) is 0.127. The third-order valence-corrected chi connectivity index (χ3v) is 4.61. The van der Waals surface area contributed by atoms with Crippen molar-refractivity contribution in [3.05, 3.63) is 0 Å². The third kappa shape index (κ3) is 6.02. The molecule has 0 radical (unpaired) electrons. The van der Waals surface area contributed by atoms with Crippen molar-refractivity contribution in [2.75, 3.05) is 19.4 Å². The molecule has 1 fully saturated rings. The molecule has 0 amide bonds. The lowest BCUT2D eigenvalue weighted by molar-refractivity contribution is -0.140. The Labute approximate surface area is 103 Å². The van der Waals surface area contributed by atoms with Crippen LogP contribution in [0.1, 0.15) is 38.5 Å². The van der Waals surface area contributed by atoms with E-state index in [1.165, 1.54) is 13.5 Å². The maximum absolute atomic E-state index is 11.7. The van der Waals surface area contributed by atoms with Crippen molar-refractivity contribution in [3.63, 3.8) is 0 Å². The Morgan fingerprint density at radius 2 is 1.94 bits per heavy atom. The molecule has 1 saturated carbocycles. The van der Waals surface area contributed by atoms with Gasteiger partial charge in [-0.05, 0) is 18.8 Å². The highest BCUT2D eigenvalue weighted by Crippen LogP contribution is 2.24. The quantitative estimate of drug-likeness (QED) is 0.727. The lowest BCUT2D eigenvalue weighted by Gasteiger charge is -2.21. The summed E-state index contributed by atoms with van der Waals surface area (Å²) < 4.78 is 30.3. The molecule has 0 atom stereocenters. The van der Waals surface area contributed by atoms with Gasteiger partial charge in [-0.3, -0.25) is 4.79 Å². The average Bonchev–Trinajstić information content (AvgIpc) is 2.29. The Morgan fingerprint density at radius 1 is 1.29 bits per heavy atom. The summed E-state index contributed by atoms with van der Waals surface area (Å²) >= 11 is 0. The number of hydrogen-bond donors (Lipinski definition) is 1. The zero-order chi connectivity index (χ0) is 12.7. The predicted octanol–water partition coefficient (Wildman–Crippen LogP) is 1.05. The summed E-state index contributed by atoms with van der Waals surface area (Å²) in [7, 11) is -1.95. The van der Waals surface area contributed by atoms with E-state index in [-0.39, 0.29) is 24.6 Å². The number of esters is 1. The molecule has 0 spiro atoms. The Balaban J connectivity index is 2.27. The molecule has 0 aromatic rings. The second-order valence-electron chi connectivity index (χ2n) is 4.51. The number of ether oxygens (including phenoxy) is 1. The van der Waals surface area contributed by atoms with Crippen LogP contribution in [0.2, 0.25) is 0 Å². The van der Waals surface area contributed by atoms with Gasteiger partial charge < -0.3 is 4.74 Å². The van der Waals surface area contributed by atoms with Crippen molar-refractivity contribution >= 4 is 16.0 Å². The van der Waals surface area contributed by atoms with Gasteiger partial charge in [0.1, 0.15) is 0 Å². The van der Waals surface area contributed by atoms with Crippen LogP contribution in [0.15, 0.2) is 0 Å². The highest BCUT2D eigenvalue weighted by Gasteiger charge is 2.21. The normalized spacial score (nSPS) is 17.9. The number of nitrogens with one attached hydrogen (secondary N) is 1. The first-order valence-corrected chi connectivity index (χ1v) is 7.73. The van der Waals surface area contributed by atoms with E-state index >= 15 is 0 Å². The van der Waals surface area contributed by atoms with Crippen molar-refractivity contribution in [2.45, 2.75) is 38.5 Å². The topological polar surface area (TPSA) is 72.5 Å². The number of sulfonamides is 1. The first-order chi connectivity index (χ1) is 8.03. The Morgan fingerprint density at radius 3 is 2.53 bits per heavy atom. The Bertz CT molecular complexity index is 333. The number of carbonyl (C=O) groups is 1. The van der Waals surface area contributed by atoms with Gasteiger partial charge in [-0.25, -0.2) is 13.1 Å². The standard InChI is InChI=1S/C11H21NO4S/c1-16-11(13)7-8-12-17(14,15)9-10-5-3-2-4-6-10/h10,12H,2-9H2,1H3. The van der Waals surface area contributed by atoms with Gasteiger partial charge >= 0.3 is 5.97 Å². The molecule has 0 aromatic carbocycles. The van der Waals surface area contributed by atoms with E-state index in [2.05, 4.69) is 9.46 Å². The molecule has 5 nitrogen and oxygen atoms in total. The first-order valence-electron chi connectivity index (χ1n) is 6.07. The Kier molecular flexibility index (Phi) is 5.91. The van der Waals surface area contributed by atoms with E-state index in [0.29, 0.717) is 0 Å².